The molecule has 0 bridgehead atoms. The van der Waals surface area contributed by atoms with Gasteiger partial charge < -0.3 is 14.2 Å². The summed E-state index contributed by atoms with van der Waals surface area (Å²) >= 11 is 12.0. The first-order chi connectivity index (χ1) is 15.4. The number of carbonyl (C=O) groups is 1. The van der Waals surface area contributed by atoms with E-state index in [0.717, 1.165) is 5.56 Å². The van der Waals surface area contributed by atoms with Gasteiger partial charge in [-0.3, -0.25) is 0 Å². The number of halogens is 3. The van der Waals surface area contributed by atoms with Crippen LogP contribution in [0.15, 0.2) is 71.4 Å². The van der Waals surface area contributed by atoms with Gasteiger partial charge in [-0.25, -0.2) is 14.2 Å². The zero-order valence-corrected chi connectivity index (χ0v) is 18.3. The van der Waals surface area contributed by atoms with Gasteiger partial charge in [-0.1, -0.05) is 47.5 Å². The smallest absolute Gasteiger partial charge is 0.363 e. The van der Waals surface area contributed by atoms with E-state index < -0.39 is 5.97 Å². The van der Waals surface area contributed by atoms with Gasteiger partial charge in [0.2, 0.25) is 5.90 Å². The van der Waals surface area contributed by atoms with E-state index in [9.17, 15) is 9.18 Å². The lowest BCUT2D eigenvalue weighted by atomic mass is 10.1. The van der Waals surface area contributed by atoms with Crippen LogP contribution in [0.4, 0.5) is 4.39 Å². The quantitative estimate of drug-likeness (QED) is 0.323. The molecule has 0 aliphatic carbocycles. The Kier molecular flexibility index (Phi) is 6.44. The number of ether oxygens (including phenoxy) is 3. The first-order valence-corrected chi connectivity index (χ1v) is 10.2. The third kappa shape index (κ3) is 4.77. The molecule has 8 heteroatoms. The van der Waals surface area contributed by atoms with E-state index in [1.807, 2.05) is 0 Å². The molecule has 4 rings (SSSR count). The number of nitrogens with zero attached hydrogens (tertiary/aromatic N) is 1. The first-order valence-electron chi connectivity index (χ1n) is 9.47. The van der Waals surface area contributed by atoms with Gasteiger partial charge in [0.05, 0.1) is 17.2 Å². The highest BCUT2D eigenvalue weighted by Crippen LogP contribution is 2.34. The van der Waals surface area contributed by atoms with Gasteiger partial charge in [0.25, 0.3) is 0 Å². The van der Waals surface area contributed by atoms with Gasteiger partial charge in [0.15, 0.2) is 17.2 Å². The number of benzene rings is 3. The molecule has 0 aromatic heterocycles. The molecule has 32 heavy (non-hydrogen) atoms. The number of para-hydroxylation sites is 1. The number of aliphatic imine (C=N–C) groups is 1. The minimum absolute atomic E-state index is 0.0888. The number of methoxy groups -OCH3 is 1. The summed E-state index contributed by atoms with van der Waals surface area (Å²) in [6.45, 7) is 0.180. The molecule has 0 spiro atoms. The first kappa shape index (κ1) is 21.9. The summed E-state index contributed by atoms with van der Waals surface area (Å²) in [5, 5.41) is 0.708. The lowest BCUT2D eigenvalue weighted by molar-refractivity contribution is -0.129. The second-order valence-electron chi connectivity index (χ2n) is 6.76. The molecule has 5 nitrogen and oxygen atoms in total. The van der Waals surface area contributed by atoms with Crippen molar-refractivity contribution >= 4 is 41.1 Å². The second-order valence-corrected chi connectivity index (χ2v) is 7.57. The van der Waals surface area contributed by atoms with E-state index in [2.05, 4.69) is 4.99 Å². The van der Waals surface area contributed by atoms with Crippen LogP contribution in [0.25, 0.3) is 6.08 Å². The van der Waals surface area contributed by atoms with Gasteiger partial charge in [-0.15, -0.1) is 0 Å². The molecule has 0 fully saturated rings. The van der Waals surface area contributed by atoms with E-state index in [1.54, 1.807) is 54.6 Å². The Morgan fingerprint density at radius 1 is 1.06 bits per heavy atom. The average Bonchev–Trinajstić information content (AvgIpc) is 3.15. The van der Waals surface area contributed by atoms with Gasteiger partial charge in [0, 0.05) is 11.1 Å². The van der Waals surface area contributed by atoms with Crippen LogP contribution in [0.2, 0.25) is 10.0 Å². The SMILES string of the molecule is COc1cccc(/C=C2\N=C(c3ccc(Cl)c(Cl)c3)OC2=O)c1OCc1ccc(F)cc1. The standard InChI is InChI=1S/C24H16Cl2FNO4/c1-30-21-4-2-3-15(22(21)31-13-14-5-8-17(27)9-6-14)12-20-24(29)32-23(28-20)16-7-10-18(25)19(26)11-16/h2-12H,13H2,1H3/b20-12-. The zero-order chi connectivity index (χ0) is 22.7. The average molecular weight is 472 g/mol. The predicted molar refractivity (Wildman–Crippen MR) is 121 cm³/mol. The van der Waals surface area contributed by atoms with E-state index in [4.69, 9.17) is 37.4 Å². The van der Waals surface area contributed by atoms with Crippen molar-refractivity contribution < 1.29 is 23.4 Å². The maximum atomic E-state index is 13.2. The van der Waals surface area contributed by atoms with Crippen LogP contribution >= 0.6 is 23.2 Å². The fourth-order valence-electron chi connectivity index (χ4n) is 3.01. The summed E-state index contributed by atoms with van der Waals surface area (Å²) < 4.78 is 29.8. The molecule has 1 aliphatic heterocycles. The molecule has 162 valence electrons. The summed E-state index contributed by atoms with van der Waals surface area (Å²) in [6, 6.07) is 16.1. The van der Waals surface area contributed by atoms with Crippen LogP contribution in [0, 0.1) is 5.82 Å². The van der Waals surface area contributed by atoms with Gasteiger partial charge in [-0.05, 0) is 48.0 Å². The summed E-state index contributed by atoms with van der Waals surface area (Å²) in [6.07, 6.45) is 1.55. The Hall–Kier alpha value is -3.35. The summed E-state index contributed by atoms with van der Waals surface area (Å²) in [5.41, 5.74) is 1.95. The topological polar surface area (TPSA) is 57.1 Å². The summed E-state index contributed by atoms with van der Waals surface area (Å²) in [5.74, 6) is 0.0704. The Morgan fingerprint density at radius 3 is 2.56 bits per heavy atom. The molecule has 3 aromatic rings. The van der Waals surface area contributed by atoms with E-state index >= 15 is 0 Å². The van der Waals surface area contributed by atoms with E-state index in [-0.39, 0.29) is 24.0 Å². The van der Waals surface area contributed by atoms with Crippen LogP contribution < -0.4 is 9.47 Å². The highest BCUT2D eigenvalue weighted by atomic mass is 35.5. The normalized spacial score (nSPS) is 14.3. The van der Waals surface area contributed by atoms with Crippen molar-refractivity contribution in [2.75, 3.05) is 7.11 Å². The number of carbonyl (C=O) groups excluding carboxylic acids is 1. The van der Waals surface area contributed by atoms with Crippen molar-refractivity contribution in [3.8, 4) is 11.5 Å². The molecule has 0 atom stereocenters. The van der Waals surface area contributed by atoms with Crippen LogP contribution in [0.5, 0.6) is 11.5 Å². The molecule has 0 saturated heterocycles. The zero-order valence-electron chi connectivity index (χ0n) is 16.8. The van der Waals surface area contributed by atoms with Crippen molar-refractivity contribution in [2.24, 2.45) is 4.99 Å². The van der Waals surface area contributed by atoms with E-state index in [1.165, 1.54) is 19.2 Å². The number of hydrogen-bond acceptors (Lipinski definition) is 5. The Morgan fingerprint density at radius 2 is 1.84 bits per heavy atom. The fraction of sp³-hybridized carbons (Fsp3) is 0.0833. The molecule has 0 unspecified atom stereocenters. The molecule has 3 aromatic carbocycles. The number of esters is 1. The lowest BCUT2D eigenvalue weighted by Gasteiger charge is -2.13. The highest BCUT2D eigenvalue weighted by molar-refractivity contribution is 6.42. The largest absolute Gasteiger partial charge is 0.493 e. The molecule has 0 N–H and O–H groups in total. The van der Waals surface area contributed by atoms with Gasteiger partial charge in [0.1, 0.15) is 12.4 Å². The number of hydrogen-bond donors (Lipinski definition) is 0. The second kappa shape index (κ2) is 9.42. The highest BCUT2D eigenvalue weighted by Gasteiger charge is 2.25. The van der Waals surface area contributed by atoms with Crippen molar-refractivity contribution in [3.63, 3.8) is 0 Å². The Bertz CT molecular complexity index is 1240. The minimum atomic E-state index is -0.613. The number of rotatable bonds is 6. The maximum absolute atomic E-state index is 13.2. The summed E-state index contributed by atoms with van der Waals surface area (Å²) in [7, 11) is 1.52. The monoisotopic (exact) mass is 471 g/mol. The molecule has 0 saturated carbocycles. The molecular weight excluding hydrogens is 456 g/mol. The van der Waals surface area contributed by atoms with Crippen LogP contribution in [-0.4, -0.2) is 19.0 Å². The van der Waals surface area contributed by atoms with Crippen LogP contribution in [0.1, 0.15) is 16.7 Å². The van der Waals surface area contributed by atoms with Crippen LogP contribution in [-0.2, 0) is 16.1 Å². The minimum Gasteiger partial charge on any atom is -0.493 e. The predicted octanol–water partition coefficient (Wildman–Crippen LogP) is 6.06. The van der Waals surface area contributed by atoms with Crippen molar-refractivity contribution in [3.05, 3.63) is 98.9 Å². The van der Waals surface area contributed by atoms with Crippen molar-refractivity contribution in [1.82, 2.24) is 0 Å². The molecular formula is C24H16Cl2FNO4. The Labute approximate surface area is 193 Å². The third-order valence-corrected chi connectivity index (χ3v) is 5.34. The van der Waals surface area contributed by atoms with Crippen LogP contribution in [0.3, 0.4) is 0 Å². The molecule has 0 radical (unpaired) electrons. The maximum Gasteiger partial charge on any atom is 0.363 e. The van der Waals surface area contributed by atoms with E-state index in [0.29, 0.717) is 32.7 Å². The lowest BCUT2D eigenvalue weighted by Crippen LogP contribution is -2.05. The van der Waals surface area contributed by atoms with Gasteiger partial charge in [-0.2, -0.15) is 0 Å². The molecule has 1 aliphatic rings. The third-order valence-electron chi connectivity index (χ3n) is 4.60. The fourth-order valence-corrected chi connectivity index (χ4v) is 3.30. The number of cyclic esters (lactones) is 1. The molecule has 0 amide bonds. The molecule has 1 heterocycles. The van der Waals surface area contributed by atoms with Crippen molar-refractivity contribution in [1.29, 1.82) is 0 Å². The summed E-state index contributed by atoms with van der Waals surface area (Å²) in [4.78, 5) is 16.7. The van der Waals surface area contributed by atoms with Gasteiger partial charge >= 0.3 is 5.97 Å². The Balaban J connectivity index is 1.65. The van der Waals surface area contributed by atoms with Crippen molar-refractivity contribution in [2.45, 2.75) is 6.61 Å².